The molecule has 106 valence electrons. The van der Waals surface area contributed by atoms with Gasteiger partial charge in [-0.3, -0.25) is 4.90 Å². The number of halogens is 1. The third-order valence-electron chi connectivity index (χ3n) is 3.67. The van der Waals surface area contributed by atoms with E-state index in [0.717, 1.165) is 37.8 Å². The molecule has 1 saturated heterocycles. The summed E-state index contributed by atoms with van der Waals surface area (Å²) in [6, 6.07) is 8.30. The Kier molecular flexibility index (Phi) is 5.64. The lowest BCUT2D eigenvalue weighted by Crippen LogP contribution is -2.46. The monoisotopic (exact) mass is 282 g/mol. The molecule has 1 unspecified atom stereocenters. The lowest BCUT2D eigenvalue weighted by molar-refractivity contribution is -0.0261. The molecule has 0 aliphatic carbocycles. The highest BCUT2D eigenvalue weighted by molar-refractivity contribution is 6.30. The summed E-state index contributed by atoms with van der Waals surface area (Å²) in [6.45, 7) is 9.25. The van der Waals surface area contributed by atoms with Gasteiger partial charge in [0.25, 0.3) is 0 Å². The van der Waals surface area contributed by atoms with Crippen LogP contribution in [0.3, 0.4) is 0 Å². The van der Waals surface area contributed by atoms with Gasteiger partial charge in [-0.05, 0) is 31.2 Å². The number of hydrogen-bond acceptors (Lipinski definition) is 3. The van der Waals surface area contributed by atoms with Gasteiger partial charge in [-0.15, -0.1) is 0 Å². The van der Waals surface area contributed by atoms with E-state index in [9.17, 15) is 0 Å². The molecule has 0 radical (unpaired) electrons. The van der Waals surface area contributed by atoms with Crippen LogP contribution in [0.25, 0.3) is 0 Å². The number of ether oxygens (including phenoxy) is 1. The first-order valence-electron chi connectivity index (χ1n) is 7.02. The van der Waals surface area contributed by atoms with Crippen molar-refractivity contribution in [2.75, 3.05) is 32.8 Å². The zero-order valence-electron chi connectivity index (χ0n) is 11.7. The van der Waals surface area contributed by atoms with Gasteiger partial charge in [-0.1, -0.05) is 30.7 Å². The summed E-state index contributed by atoms with van der Waals surface area (Å²) in [6.07, 6.45) is 0.287. The summed E-state index contributed by atoms with van der Waals surface area (Å²) in [5, 5.41) is 4.32. The van der Waals surface area contributed by atoms with Gasteiger partial charge in [0.2, 0.25) is 0 Å². The van der Waals surface area contributed by atoms with Crippen molar-refractivity contribution in [3.05, 3.63) is 34.9 Å². The van der Waals surface area contributed by atoms with Crippen molar-refractivity contribution in [2.24, 2.45) is 0 Å². The molecule has 2 rings (SSSR count). The first-order chi connectivity index (χ1) is 9.19. The van der Waals surface area contributed by atoms with E-state index in [1.807, 2.05) is 18.2 Å². The molecule has 1 aliphatic heterocycles. The highest BCUT2D eigenvalue weighted by atomic mass is 35.5. The Morgan fingerprint density at radius 2 is 2.37 bits per heavy atom. The van der Waals surface area contributed by atoms with Crippen LogP contribution in [-0.2, 0) is 4.74 Å². The van der Waals surface area contributed by atoms with Gasteiger partial charge < -0.3 is 10.1 Å². The molecule has 1 aromatic rings. The minimum Gasteiger partial charge on any atom is -0.374 e. The minimum absolute atomic E-state index is 0.287. The molecule has 1 N–H and O–H groups in total. The van der Waals surface area contributed by atoms with Crippen molar-refractivity contribution in [1.82, 2.24) is 10.2 Å². The second kappa shape index (κ2) is 7.25. The average molecular weight is 283 g/mol. The smallest absolute Gasteiger partial charge is 0.0826 e. The molecule has 1 aliphatic rings. The van der Waals surface area contributed by atoms with Crippen LogP contribution in [0.15, 0.2) is 24.3 Å². The predicted octanol–water partition coefficient (Wildman–Crippen LogP) is 2.71. The standard InChI is InChI=1S/C15H23ClN2O/c1-3-18-7-8-19-15(11-18)10-17-12(2)13-5-4-6-14(16)9-13/h4-6,9,12,15,17H,3,7-8,10-11H2,1-2H3/t12-,15?/m0/s1. The number of nitrogens with one attached hydrogen (secondary N) is 1. The molecule has 0 saturated carbocycles. The summed E-state index contributed by atoms with van der Waals surface area (Å²) in [4.78, 5) is 2.43. The molecule has 1 fully saturated rings. The number of morpholine rings is 1. The normalized spacial score (nSPS) is 22.4. The third kappa shape index (κ3) is 4.46. The van der Waals surface area contributed by atoms with Crippen molar-refractivity contribution in [3.8, 4) is 0 Å². The molecule has 4 heteroatoms. The summed E-state index contributed by atoms with van der Waals surface area (Å²) in [5.41, 5.74) is 1.22. The number of nitrogens with zero attached hydrogens (tertiary/aromatic N) is 1. The van der Waals surface area contributed by atoms with Crippen molar-refractivity contribution >= 4 is 11.6 Å². The second-order valence-electron chi connectivity index (χ2n) is 5.07. The van der Waals surface area contributed by atoms with Gasteiger partial charge in [-0.2, -0.15) is 0 Å². The van der Waals surface area contributed by atoms with Gasteiger partial charge in [0.1, 0.15) is 0 Å². The molecule has 2 atom stereocenters. The van der Waals surface area contributed by atoms with Crippen LogP contribution in [0.5, 0.6) is 0 Å². The van der Waals surface area contributed by atoms with Crippen LogP contribution < -0.4 is 5.32 Å². The molecule has 19 heavy (non-hydrogen) atoms. The molecule has 0 spiro atoms. The van der Waals surface area contributed by atoms with Gasteiger partial charge in [-0.25, -0.2) is 0 Å². The Labute approximate surface area is 120 Å². The Bertz CT molecular complexity index is 399. The fourth-order valence-corrected chi connectivity index (χ4v) is 2.59. The molecule has 3 nitrogen and oxygen atoms in total. The maximum absolute atomic E-state index is 6.02. The van der Waals surface area contributed by atoms with Crippen LogP contribution in [0.1, 0.15) is 25.5 Å². The molecule has 0 bridgehead atoms. The lowest BCUT2D eigenvalue weighted by Gasteiger charge is -2.32. The number of hydrogen-bond donors (Lipinski definition) is 1. The molecule has 1 heterocycles. The van der Waals surface area contributed by atoms with E-state index in [1.54, 1.807) is 0 Å². The van der Waals surface area contributed by atoms with E-state index < -0.39 is 0 Å². The summed E-state index contributed by atoms with van der Waals surface area (Å²) in [7, 11) is 0. The predicted molar refractivity (Wildman–Crippen MR) is 79.7 cm³/mol. The molecule has 0 aromatic heterocycles. The van der Waals surface area contributed by atoms with Crippen molar-refractivity contribution in [1.29, 1.82) is 0 Å². The quantitative estimate of drug-likeness (QED) is 0.899. The molecular formula is C15H23ClN2O. The van der Waals surface area contributed by atoms with E-state index in [-0.39, 0.29) is 6.10 Å². The zero-order valence-corrected chi connectivity index (χ0v) is 12.5. The first-order valence-corrected chi connectivity index (χ1v) is 7.39. The van der Waals surface area contributed by atoms with E-state index in [4.69, 9.17) is 16.3 Å². The Balaban J connectivity index is 1.81. The Morgan fingerprint density at radius 3 is 3.11 bits per heavy atom. The molecule has 0 amide bonds. The highest BCUT2D eigenvalue weighted by Gasteiger charge is 2.19. The molecule has 1 aromatic carbocycles. The SMILES string of the molecule is CCN1CCOC(CN[C@@H](C)c2cccc(Cl)c2)C1. The number of likely N-dealkylation sites (N-methyl/N-ethyl adjacent to an activating group) is 1. The van der Waals surface area contributed by atoms with Crippen molar-refractivity contribution in [2.45, 2.75) is 26.0 Å². The van der Waals surface area contributed by atoms with Gasteiger partial charge in [0, 0.05) is 30.7 Å². The topological polar surface area (TPSA) is 24.5 Å². The molecular weight excluding hydrogens is 260 g/mol. The van der Waals surface area contributed by atoms with Crippen LogP contribution in [0.4, 0.5) is 0 Å². The van der Waals surface area contributed by atoms with E-state index in [1.165, 1.54) is 5.56 Å². The van der Waals surface area contributed by atoms with Gasteiger partial charge in [0.05, 0.1) is 12.7 Å². The van der Waals surface area contributed by atoms with Crippen LogP contribution >= 0.6 is 11.6 Å². The van der Waals surface area contributed by atoms with Gasteiger partial charge in [0.15, 0.2) is 0 Å². The first kappa shape index (κ1) is 14.8. The number of rotatable bonds is 5. The fraction of sp³-hybridized carbons (Fsp3) is 0.600. The van der Waals surface area contributed by atoms with E-state index in [2.05, 4.69) is 30.1 Å². The van der Waals surface area contributed by atoms with Crippen LogP contribution in [-0.4, -0.2) is 43.8 Å². The summed E-state index contributed by atoms with van der Waals surface area (Å²) < 4.78 is 5.79. The Hall–Kier alpha value is -0.610. The van der Waals surface area contributed by atoms with Crippen LogP contribution in [0, 0.1) is 0 Å². The summed E-state index contributed by atoms with van der Waals surface area (Å²) in [5.74, 6) is 0. The third-order valence-corrected chi connectivity index (χ3v) is 3.91. The van der Waals surface area contributed by atoms with E-state index in [0.29, 0.717) is 6.04 Å². The number of benzene rings is 1. The van der Waals surface area contributed by atoms with Gasteiger partial charge >= 0.3 is 0 Å². The fourth-order valence-electron chi connectivity index (χ4n) is 2.39. The average Bonchev–Trinajstić information content (AvgIpc) is 2.45. The van der Waals surface area contributed by atoms with Crippen molar-refractivity contribution < 1.29 is 4.74 Å². The highest BCUT2D eigenvalue weighted by Crippen LogP contribution is 2.17. The maximum Gasteiger partial charge on any atom is 0.0826 e. The summed E-state index contributed by atoms with van der Waals surface area (Å²) >= 11 is 6.02. The lowest BCUT2D eigenvalue weighted by atomic mass is 10.1. The zero-order chi connectivity index (χ0) is 13.7. The minimum atomic E-state index is 0.287. The maximum atomic E-state index is 6.02. The van der Waals surface area contributed by atoms with Crippen molar-refractivity contribution in [3.63, 3.8) is 0 Å². The Morgan fingerprint density at radius 1 is 1.53 bits per heavy atom. The van der Waals surface area contributed by atoms with E-state index >= 15 is 0 Å². The van der Waals surface area contributed by atoms with Crippen LogP contribution in [0.2, 0.25) is 5.02 Å². The largest absolute Gasteiger partial charge is 0.374 e. The second-order valence-corrected chi connectivity index (χ2v) is 5.51.